The van der Waals surface area contributed by atoms with E-state index < -0.39 is 12.5 Å². The predicted octanol–water partition coefficient (Wildman–Crippen LogP) is 6.48. The van der Waals surface area contributed by atoms with Gasteiger partial charge in [0.2, 0.25) is 16.9 Å². The number of benzene rings is 3. The quantitative estimate of drug-likeness (QED) is 0.286. The predicted molar refractivity (Wildman–Crippen MR) is 137 cm³/mol. The number of rotatable bonds is 7. The Bertz CT molecular complexity index is 1570. The largest absolute Gasteiger partial charge is 0.476 e. The second-order valence-corrected chi connectivity index (χ2v) is 8.28. The first-order valence-electron chi connectivity index (χ1n) is 11.4. The first-order chi connectivity index (χ1) is 17.5. The summed E-state index contributed by atoms with van der Waals surface area (Å²) in [6.07, 6.45) is 1.47. The molecule has 36 heavy (non-hydrogen) atoms. The molecule has 0 unspecified atom stereocenters. The topological polar surface area (TPSA) is 90.9 Å². The molecule has 0 radical (unpaired) electrons. The smallest absolute Gasteiger partial charge is 0.262 e. The molecule has 0 saturated heterocycles. The van der Waals surface area contributed by atoms with Gasteiger partial charge in [0.25, 0.3) is 5.91 Å². The van der Waals surface area contributed by atoms with Crippen LogP contribution in [0.15, 0.2) is 98.8 Å². The summed E-state index contributed by atoms with van der Waals surface area (Å²) >= 11 is 0. The van der Waals surface area contributed by atoms with Crippen LogP contribution in [0.1, 0.15) is 11.1 Å². The maximum absolute atomic E-state index is 13.3. The van der Waals surface area contributed by atoms with E-state index in [4.69, 9.17) is 18.3 Å². The minimum absolute atomic E-state index is 0.0811. The molecule has 7 nitrogen and oxygen atoms in total. The van der Waals surface area contributed by atoms with Gasteiger partial charge >= 0.3 is 0 Å². The standard InChI is InChI=1S/C29H23NO6/c1-18-15-23-25(16-19(18)2)36-28(24-9-6-14-33-24)29(27(23)32)34-17-26(31)30-20-10-12-22(13-11-20)35-21-7-4-3-5-8-21/h3-16H,17H2,1-2H3,(H,30,31). The van der Waals surface area contributed by atoms with Gasteiger partial charge in [-0.15, -0.1) is 0 Å². The van der Waals surface area contributed by atoms with Gasteiger partial charge in [-0.1, -0.05) is 18.2 Å². The Kier molecular flexibility index (Phi) is 6.28. The van der Waals surface area contributed by atoms with Crippen molar-refractivity contribution in [2.24, 2.45) is 0 Å². The molecule has 0 spiro atoms. The first kappa shape index (κ1) is 23.0. The monoisotopic (exact) mass is 481 g/mol. The zero-order chi connectivity index (χ0) is 25.1. The molecule has 7 heteroatoms. The van der Waals surface area contributed by atoms with Crippen molar-refractivity contribution < 1.29 is 23.1 Å². The van der Waals surface area contributed by atoms with Crippen molar-refractivity contribution in [1.82, 2.24) is 0 Å². The summed E-state index contributed by atoms with van der Waals surface area (Å²) in [6.45, 7) is 3.46. The molecule has 2 aromatic heterocycles. The van der Waals surface area contributed by atoms with Crippen LogP contribution in [0.5, 0.6) is 17.2 Å². The van der Waals surface area contributed by atoms with Gasteiger partial charge in [0.15, 0.2) is 12.4 Å². The van der Waals surface area contributed by atoms with Gasteiger partial charge in [0.05, 0.1) is 11.6 Å². The maximum Gasteiger partial charge on any atom is 0.262 e. The minimum atomic E-state index is -0.434. The maximum atomic E-state index is 13.3. The second-order valence-electron chi connectivity index (χ2n) is 8.28. The SMILES string of the molecule is Cc1cc2oc(-c3ccco3)c(OCC(=O)Nc3ccc(Oc4ccccc4)cc3)c(=O)c2cc1C. The van der Waals surface area contributed by atoms with Crippen LogP contribution < -0.4 is 20.2 Å². The lowest BCUT2D eigenvalue weighted by Gasteiger charge is -2.12. The summed E-state index contributed by atoms with van der Waals surface area (Å²) in [5.41, 5.74) is 2.55. The Balaban J connectivity index is 1.33. The number of anilines is 1. The van der Waals surface area contributed by atoms with Crippen molar-refractivity contribution in [3.63, 3.8) is 0 Å². The van der Waals surface area contributed by atoms with Crippen molar-refractivity contribution in [1.29, 1.82) is 0 Å². The molecular formula is C29H23NO6. The highest BCUT2D eigenvalue weighted by Crippen LogP contribution is 2.32. The number of nitrogens with one attached hydrogen (secondary N) is 1. The van der Waals surface area contributed by atoms with Crippen LogP contribution in [0.4, 0.5) is 5.69 Å². The Morgan fingerprint density at radius 1 is 0.889 bits per heavy atom. The highest BCUT2D eigenvalue weighted by Gasteiger charge is 2.21. The third-order valence-corrected chi connectivity index (χ3v) is 5.67. The van der Waals surface area contributed by atoms with Crippen molar-refractivity contribution in [3.05, 3.63) is 106 Å². The number of ether oxygens (including phenoxy) is 2. The van der Waals surface area contributed by atoms with E-state index in [1.807, 2.05) is 44.2 Å². The fraction of sp³-hybridized carbons (Fsp3) is 0.103. The molecule has 0 atom stereocenters. The Labute approximate surface area is 206 Å². The van der Waals surface area contributed by atoms with Crippen LogP contribution in [0.25, 0.3) is 22.5 Å². The zero-order valence-electron chi connectivity index (χ0n) is 19.7. The number of aryl methyl sites for hydroxylation is 2. The fourth-order valence-electron chi connectivity index (χ4n) is 3.70. The minimum Gasteiger partial charge on any atom is -0.476 e. The summed E-state index contributed by atoms with van der Waals surface area (Å²) in [5, 5.41) is 3.13. The van der Waals surface area contributed by atoms with E-state index in [-0.39, 0.29) is 16.9 Å². The van der Waals surface area contributed by atoms with Gasteiger partial charge in [0, 0.05) is 5.69 Å². The van der Waals surface area contributed by atoms with E-state index in [1.165, 1.54) is 6.26 Å². The normalized spacial score (nSPS) is 10.8. The molecule has 180 valence electrons. The van der Waals surface area contributed by atoms with E-state index in [1.54, 1.807) is 48.5 Å². The molecule has 0 bridgehead atoms. The number of amides is 1. The molecule has 1 N–H and O–H groups in total. The number of fused-ring (bicyclic) bond motifs is 1. The van der Waals surface area contributed by atoms with E-state index in [9.17, 15) is 9.59 Å². The lowest BCUT2D eigenvalue weighted by molar-refractivity contribution is -0.118. The summed E-state index contributed by atoms with van der Waals surface area (Å²) in [7, 11) is 0. The number of hydrogen-bond acceptors (Lipinski definition) is 6. The zero-order valence-corrected chi connectivity index (χ0v) is 19.7. The molecule has 5 aromatic rings. The molecule has 3 aromatic carbocycles. The van der Waals surface area contributed by atoms with Crippen molar-refractivity contribution in [2.45, 2.75) is 13.8 Å². The first-order valence-corrected chi connectivity index (χ1v) is 11.4. The van der Waals surface area contributed by atoms with Crippen LogP contribution in [-0.2, 0) is 4.79 Å². The number of carbonyl (C=O) groups excluding carboxylic acids is 1. The molecule has 0 aliphatic carbocycles. The Hall–Kier alpha value is -4.78. The summed E-state index contributed by atoms with van der Waals surface area (Å²) in [6, 6.07) is 23.3. The number of furan rings is 1. The van der Waals surface area contributed by atoms with Gasteiger partial charge in [-0.3, -0.25) is 9.59 Å². The molecule has 0 aliphatic heterocycles. The Morgan fingerprint density at radius 3 is 2.33 bits per heavy atom. The van der Waals surface area contributed by atoms with Gasteiger partial charge in [-0.05, 0) is 85.6 Å². The second kappa shape index (κ2) is 9.84. The Morgan fingerprint density at radius 2 is 1.61 bits per heavy atom. The average molecular weight is 482 g/mol. The molecule has 0 saturated carbocycles. The van der Waals surface area contributed by atoms with Crippen LogP contribution in [0.3, 0.4) is 0 Å². The van der Waals surface area contributed by atoms with Gasteiger partial charge in [-0.25, -0.2) is 0 Å². The number of hydrogen-bond donors (Lipinski definition) is 1. The van der Waals surface area contributed by atoms with Crippen LogP contribution in [0, 0.1) is 13.8 Å². The molecule has 0 fully saturated rings. The lowest BCUT2D eigenvalue weighted by atomic mass is 10.1. The van der Waals surface area contributed by atoms with E-state index in [0.29, 0.717) is 28.2 Å². The molecule has 0 aliphatic rings. The average Bonchev–Trinajstić information content (AvgIpc) is 3.41. The highest BCUT2D eigenvalue weighted by molar-refractivity contribution is 5.92. The summed E-state index contributed by atoms with van der Waals surface area (Å²) < 4.78 is 22.9. The van der Waals surface area contributed by atoms with E-state index >= 15 is 0 Å². The van der Waals surface area contributed by atoms with Gasteiger partial charge in [0.1, 0.15) is 17.1 Å². The third-order valence-electron chi connectivity index (χ3n) is 5.67. The van der Waals surface area contributed by atoms with E-state index in [0.717, 1.165) is 16.9 Å². The number of carbonyl (C=O) groups is 1. The van der Waals surface area contributed by atoms with Crippen molar-refractivity contribution in [2.75, 3.05) is 11.9 Å². The van der Waals surface area contributed by atoms with Gasteiger partial charge in [-0.2, -0.15) is 0 Å². The van der Waals surface area contributed by atoms with Crippen LogP contribution in [-0.4, -0.2) is 12.5 Å². The van der Waals surface area contributed by atoms with Crippen LogP contribution in [0.2, 0.25) is 0 Å². The third kappa shape index (κ3) is 4.86. The van der Waals surface area contributed by atoms with Crippen molar-refractivity contribution in [3.8, 4) is 28.8 Å². The summed E-state index contributed by atoms with van der Waals surface area (Å²) in [5.74, 6) is 1.30. The number of para-hydroxylation sites is 1. The molecular weight excluding hydrogens is 458 g/mol. The lowest BCUT2D eigenvalue weighted by Crippen LogP contribution is -2.22. The molecule has 2 heterocycles. The van der Waals surface area contributed by atoms with Crippen LogP contribution >= 0.6 is 0 Å². The fourth-order valence-corrected chi connectivity index (χ4v) is 3.70. The molecule has 5 rings (SSSR count). The van der Waals surface area contributed by atoms with E-state index in [2.05, 4.69) is 5.32 Å². The van der Waals surface area contributed by atoms with Crippen molar-refractivity contribution >= 4 is 22.6 Å². The summed E-state index contributed by atoms with van der Waals surface area (Å²) in [4.78, 5) is 25.9. The highest BCUT2D eigenvalue weighted by atomic mass is 16.5. The molecule has 1 amide bonds. The van der Waals surface area contributed by atoms with Gasteiger partial charge < -0.3 is 23.6 Å².